The number of benzene rings is 3. The van der Waals surface area contributed by atoms with Crippen molar-refractivity contribution in [1.82, 2.24) is 10.3 Å². The topological polar surface area (TPSA) is 127 Å². The minimum Gasteiger partial charge on any atom is -0.490 e. The summed E-state index contributed by atoms with van der Waals surface area (Å²) in [6.07, 6.45) is 6.82. The fourth-order valence-electron chi connectivity index (χ4n) is 4.84. The molecule has 1 aliphatic rings. The van der Waals surface area contributed by atoms with Gasteiger partial charge in [-0.05, 0) is 91.9 Å². The van der Waals surface area contributed by atoms with Gasteiger partial charge in [0.1, 0.15) is 17.2 Å². The second-order valence-corrected chi connectivity index (χ2v) is 10.1. The maximum atomic E-state index is 12.5. The first-order chi connectivity index (χ1) is 20.4. The van der Waals surface area contributed by atoms with Crippen molar-refractivity contribution < 1.29 is 29.0 Å². The van der Waals surface area contributed by atoms with Gasteiger partial charge in [0.15, 0.2) is 0 Å². The van der Waals surface area contributed by atoms with Crippen molar-refractivity contribution >= 4 is 23.5 Å². The lowest BCUT2D eigenvalue weighted by molar-refractivity contribution is -0.115. The summed E-state index contributed by atoms with van der Waals surface area (Å²) in [5.41, 5.74) is 1.64. The molecule has 0 atom stereocenters. The van der Waals surface area contributed by atoms with Crippen LogP contribution in [0.25, 0.3) is 0 Å². The fraction of sp³-hybridized carbons (Fsp3) is 0.212. The maximum Gasteiger partial charge on any atom is 0.337 e. The third-order valence-corrected chi connectivity index (χ3v) is 7.01. The number of hydrogen-bond donors (Lipinski definition) is 3. The van der Waals surface area contributed by atoms with E-state index in [9.17, 15) is 19.5 Å². The van der Waals surface area contributed by atoms with Crippen molar-refractivity contribution in [3.63, 3.8) is 0 Å². The van der Waals surface area contributed by atoms with E-state index in [4.69, 9.17) is 9.47 Å². The average molecular weight is 566 g/mol. The fourth-order valence-corrected chi connectivity index (χ4v) is 4.84. The summed E-state index contributed by atoms with van der Waals surface area (Å²) in [7, 11) is 0. The number of nitrogens with one attached hydrogen (secondary N) is 2. The number of hydrogen-bond acceptors (Lipinski definition) is 6. The highest BCUT2D eigenvalue weighted by Gasteiger charge is 2.24. The smallest absolute Gasteiger partial charge is 0.337 e. The lowest BCUT2D eigenvalue weighted by atomic mass is 9.92. The van der Waals surface area contributed by atoms with Crippen LogP contribution in [0, 0.1) is 0 Å². The largest absolute Gasteiger partial charge is 0.490 e. The van der Waals surface area contributed by atoms with Crippen molar-refractivity contribution in [1.29, 1.82) is 0 Å². The van der Waals surface area contributed by atoms with E-state index in [1.807, 2.05) is 24.3 Å². The van der Waals surface area contributed by atoms with Gasteiger partial charge in [0, 0.05) is 18.4 Å². The summed E-state index contributed by atoms with van der Waals surface area (Å²) in [5.74, 6) is 0.531. The van der Waals surface area contributed by atoms with Crippen molar-refractivity contribution in [3.05, 3.63) is 114 Å². The second-order valence-electron chi connectivity index (χ2n) is 10.1. The summed E-state index contributed by atoms with van der Waals surface area (Å²) in [5, 5.41) is 15.0. The standard InChI is InChI=1S/C33H31N3O6/c37-31(36-30-6-2-1-5-29(30)33(39)40)20-22-7-11-25(12-8-22)41-27-15-17-28(18-16-27)42-26-13-9-24(10-14-26)35-32(38)23-4-3-19-34-21-23/h1-8,11-12,15-19,21,24,26H,9-10,13-14,20H2,(H,35,38)(H,36,37)(H,39,40). The second kappa shape index (κ2) is 13.5. The van der Waals surface area contributed by atoms with Crippen molar-refractivity contribution in [2.45, 2.75) is 44.2 Å². The summed E-state index contributed by atoms with van der Waals surface area (Å²) < 4.78 is 12.1. The van der Waals surface area contributed by atoms with E-state index < -0.39 is 5.97 Å². The van der Waals surface area contributed by atoms with E-state index in [2.05, 4.69) is 15.6 Å². The van der Waals surface area contributed by atoms with Gasteiger partial charge < -0.3 is 25.2 Å². The molecule has 214 valence electrons. The Kier molecular flexibility index (Phi) is 9.08. The van der Waals surface area contributed by atoms with Gasteiger partial charge in [0.25, 0.3) is 5.91 Å². The number of para-hydroxylation sites is 1. The Bertz CT molecular complexity index is 1520. The van der Waals surface area contributed by atoms with E-state index in [1.54, 1.807) is 67.0 Å². The van der Waals surface area contributed by atoms with Crippen LogP contribution in [0.1, 0.15) is 52.0 Å². The molecule has 0 aliphatic heterocycles. The van der Waals surface area contributed by atoms with Gasteiger partial charge in [-0.2, -0.15) is 0 Å². The van der Waals surface area contributed by atoms with Gasteiger partial charge in [0.05, 0.1) is 29.3 Å². The summed E-state index contributed by atoms with van der Waals surface area (Å²) in [6.45, 7) is 0. The molecule has 1 fully saturated rings. The molecule has 5 rings (SSSR count). The molecule has 2 amide bonds. The quantitative estimate of drug-likeness (QED) is 0.219. The first-order valence-corrected chi connectivity index (χ1v) is 13.8. The van der Waals surface area contributed by atoms with Crippen LogP contribution in [-0.4, -0.2) is 40.0 Å². The summed E-state index contributed by atoms with van der Waals surface area (Å²) >= 11 is 0. The Morgan fingerprint density at radius 3 is 2.14 bits per heavy atom. The Balaban J connectivity index is 1.06. The van der Waals surface area contributed by atoms with Gasteiger partial charge in [-0.25, -0.2) is 4.79 Å². The molecular weight excluding hydrogens is 534 g/mol. The van der Waals surface area contributed by atoms with E-state index >= 15 is 0 Å². The third-order valence-electron chi connectivity index (χ3n) is 7.01. The minimum absolute atomic E-state index is 0.0426. The van der Waals surface area contributed by atoms with Crippen LogP contribution in [0.5, 0.6) is 17.2 Å². The number of carboxylic acids is 1. The molecule has 0 bridgehead atoms. The van der Waals surface area contributed by atoms with Gasteiger partial charge in [-0.3, -0.25) is 14.6 Å². The number of aromatic nitrogens is 1. The zero-order valence-electron chi connectivity index (χ0n) is 22.9. The first kappa shape index (κ1) is 28.4. The van der Waals surface area contributed by atoms with Crippen LogP contribution in [0.3, 0.4) is 0 Å². The van der Waals surface area contributed by atoms with E-state index in [-0.39, 0.29) is 41.6 Å². The predicted molar refractivity (Wildman–Crippen MR) is 157 cm³/mol. The molecular formula is C33H31N3O6. The molecule has 9 nitrogen and oxygen atoms in total. The van der Waals surface area contributed by atoms with Gasteiger partial charge >= 0.3 is 5.97 Å². The zero-order chi connectivity index (χ0) is 29.3. The van der Waals surface area contributed by atoms with E-state index in [1.165, 1.54) is 6.07 Å². The highest BCUT2D eigenvalue weighted by molar-refractivity contribution is 6.01. The van der Waals surface area contributed by atoms with Crippen molar-refractivity contribution in [2.75, 3.05) is 5.32 Å². The molecule has 1 saturated carbocycles. The normalized spacial score (nSPS) is 16.2. The molecule has 4 aromatic rings. The van der Waals surface area contributed by atoms with Crippen molar-refractivity contribution in [2.24, 2.45) is 0 Å². The van der Waals surface area contributed by atoms with Gasteiger partial charge in [-0.15, -0.1) is 0 Å². The van der Waals surface area contributed by atoms with Crippen LogP contribution in [0.4, 0.5) is 5.69 Å². The maximum absolute atomic E-state index is 12.5. The molecule has 0 unspecified atom stereocenters. The number of carbonyl (C=O) groups excluding carboxylic acids is 2. The molecule has 42 heavy (non-hydrogen) atoms. The van der Waals surface area contributed by atoms with Crippen LogP contribution >= 0.6 is 0 Å². The molecule has 3 aromatic carbocycles. The Morgan fingerprint density at radius 1 is 0.810 bits per heavy atom. The SMILES string of the molecule is O=C(Cc1ccc(Oc2ccc(OC3CCC(NC(=O)c4cccnc4)CC3)cc2)cc1)Nc1ccccc1C(=O)O. The number of aromatic carboxylic acids is 1. The van der Waals surface area contributed by atoms with E-state index in [0.717, 1.165) is 37.0 Å². The number of rotatable bonds is 10. The third kappa shape index (κ3) is 7.72. The minimum atomic E-state index is -1.10. The molecule has 9 heteroatoms. The van der Waals surface area contributed by atoms with E-state index in [0.29, 0.717) is 17.1 Å². The number of anilines is 1. The molecule has 1 aromatic heterocycles. The van der Waals surface area contributed by atoms with Crippen LogP contribution in [0.2, 0.25) is 0 Å². The number of carboxylic acid groups (broad SMARTS) is 1. The molecule has 0 radical (unpaired) electrons. The van der Waals surface area contributed by atoms with Crippen LogP contribution in [-0.2, 0) is 11.2 Å². The number of amides is 2. The molecule has 0 saturated heterocycles. The predicted octanol–water partition coefficient (Wildman–Crippen LogP) is 5.87. The highest BCUT2D eigenvalue weighted by Crippen LogP contribution is 2.28. The Hall–Kier alpha value is -5.18. The van der Waals surface area contributed by atoms with Crippen LogP contribution < -0.4 is 20.1 Å². The van der Waals surface area contributed by atoms with Gasteiger partial charge in [-0.1, -0.05) is 24.3 Å². The average Bonchev–Trinajstić information content (AvgIpc) is 3.00. The Labute approximate surface area is 243 Å². The summed E-state index contributed by atoms with van der Waals surface area (Å²) in [6, 6.07) is 24.5. The van der Waals surface area contributed by atoms with Crippen LogP contribution in [0.15, 0.2) is 97.3 Å². The number of nitrogens with zero attached hydrogens (tertiary/aromatic N) is 1. The van der Waals surface area contributed by atoms with Gasteiger partial charge in [0.2, 0.25) is 5.91 Å². The van der Waals surface area contributed by atoms with Crippen molar-refractivity contribution in [3.8, 4) is 17.2 Å². The number of ether oxygens (including phenoxy) is 2. The highest BCUT2D eigenvalue weighted by atomic mass is 16.5. The molecule has 0 spiro atoms. The Morgan fingerprint density at radius 2 is 1.48 bits per heavy atom. The first-order valence-electron chi connectivity index (χ1n) is 13.8. The lowest BCUT2D eigenvalue weighted by Crippen LogP contribution is -2.39. The zero-order valence-corrected chi connectivity index (χ0v) is 22.9. The number of carbonyl (C=O) groups is 3. The lowest BCUT2D eigenvalue weighted by Gasteiger charge is -2.29. The molecule has 3 N–H and O–H groups in total. The molecule has 1 heterocycles. The molecule has 1 aliphatic carbocycles. The number of pyridine rings is 1. The summed E-state index contributed by atoms with van der Waals surface area (Å²) in [4.78, 5) is 40.2. The monoisotopic (exact) mass is 565 g/mol.